The summed E-state index contributed by atoms with van der Waals surface area (Å²) in [6.07, 6.45) is 0.888. The summed E-state index contributed by atoms with van der Waals surface area (Å²) < 4.78 is 31.2. The molecule has 7 heteroatoms. The molecule has 4 N–H and O–H groups in total. The Balaban J connectivity index is 0.00000225. The third-order valence-corrected chi connectivity index (χ3v) is 3.50. The maximum atomic E-state index is 10.4. The van der Waals surface area contributed by atoms with Crippen molar-refractivity contribution in [2.24, 2.45) is 0 Å². The van der Waals surface area contributed by atoms with Crippen LogP contribution in [0.3, 0.4) is 0 Å². The largest absolute Gasteiger partial charge is 0.748 e. The highest BCUT2D eigenvalue weighted by Crippen LogP contribution is 2.06. The van der Waals surface area contributed by atoms with Crippen LogP contribution >= 0.6 is 11.3 Å². The molecule has 0 aliphatic rings. The summed E-state index contributed by atoms with van der Waals surface area (Å²) in [6, 6.07) is 2.04. The molecule has 0 atom stereocenters. The molecule has 0 fully saturated rings. The first-order valence-corrected chi connectivity index (χ1v) is 7.12. The number of hydrogen-bond donors (Lipinski definition) is 1. The molecule has 0 aliphatic carbocycles. The molecule has 94 valence electrons. The zero-order valence-corrected chi connectivity index (χ0v) is 11.2. The molecule has 1 heterocycles. The fourth-order valence-corrected chi connectivity index (χ4v) is 2.37. The van der Waals surface area contributed by atoms with Gasteiger partial charge in [-0.3, -0.25) is 0 Å². The molecule has 0 aromatic carbocycles. The first-order valence-electron chi connectivity index (χ1n) is 4.60. The van der Waals surface area contributed by atoms with Crippen LogP contribution in [-0.2, 0) is 16.5 Å². The van der Waals surface area contributed by atoms with Crippen molar-refractivity contribution in [2.45, 2.75) is 6.42 Å². The lowest BCUT2D eigenvalue weighted by atomic mass is 10.2. The molecule has 1 aromatic heterocycles. The van der Waals surface area contributed by atoms with Crippen molar-refractivity contribution < 1.29 is 13.0 Å². The van der Waals surface area contributed by atoms with Gasteiger partial charge in [-0.1, -0.05) is 0 Å². The Hall–Kier alpha value is -0.470. The Morgan fingerprint density at radius 2 is 2.12 bits per heavy atom. The number of hydrogen-bond acceptors (Lipinski definition) is 5. The average molecular weight is 266 g/mol. The summed E-state index contributed by atoms with van der Waals surface area (Å²) in [5.74, 6) is -0.312. The van der Waals surface area contributed by atoms with Crippen molar-refractivity contribution >= 4 is 21.5 Å². The molecule has 0 saturated carbocycles. The lowest BCUT2D eigenvalue weighted by Crippen LogP contribution is -2.27. The normalized spacial score (nSPS) is 11.4. The van der Waals surface area contributed by atoms with E-state index < -0.39 is 10.1 Å². The first-order chi connectivity index (χ1) is 6.97. The molecule has 16 heavy (non-hydrogen) atoms. The van der Waals surface area contributed by atoms with Gasteiger partial charge in [-0.25, -0.2) is 8.42 Å². The van der Waals surface area contributed by atoms with E-state index in [1.807, 2.05) is 23.4 Å². The highest BCUT2D eigenvalue weighted by molar-refractivity contribution is 7.85. The van der Waals surface area contributed by atoms with E-state index in [0.717, 1.165) is 13.0 Å². The molecule has 0 radical (unpaired) electrons. The van der Waals surface area contributed by atoms with E-state index in [9.17, 15) is 13.0 Å². The highest BCUT2D eigenvalue weighted by Gasteiger charge is 2.02. The summed E-state index contributed by atoms with van der Waals surface area (Å²) in [6.45, 7) is 1.07. The van der Waals surface area contributed by atoms with Gasteiger partial charge in [0.15, 0.2) is 0 Å². The van der Waals surface area contributed by atoms with Crippen LogP contribution in [0, 0.1) is 0 Å². The standard InChI is InChI=1S/C9H15NO3S2.H3N/c1-10(5-7-15(11,12)13)4-2-9-3-6-14-8-9;/h3,6,8H,2,4-5,7H2,1H3,(H,11,12,13);1H3. The second-order valence-corrected chi connectivity index (χ2v) is 5.75. The molecule has 0 amide bonds. The summed E-state index contributed by atoms with van der Waals surface area (Å²) in [4.78, 5) is 1.85. The van der Waals surface area contributed by atoms with Crippen molar-refractivity contribution in [1.82, 2.24) is 11.1 Å². The second kappa shape index (κ2) is 6.97. The molecule has 0 bridgehead atoms. The van der Waals surface area contributed by atoms with E-state index in [4.69, 9.17) is 0 Å². The SMILES string of the molecule is CN(CCc1ccsc1)CCS(=O)(=O)[O-].[NH4+]. The van der Waals surface area contributed by atoms with Crippen molar-refractivity contribution in [3.05, 3.63) is 22.4 Å². The lowest BCUT2D eigenvalue weighted by molar-refractivity contribution is 0.352. The van der Waals surface area contributed by atoms with E-state index in [1.165, 1.54) is 5.56 Å². The molecule has 0 unspecified atom stereocenters. The quantitative estimate of drug-likeness (QED) is 0.781. The summed E-state index contributed by atoms with van der Waals surface area (Å²) in [7, 11) is -2.26. The van der Waals surface area contributed by atoms with Crippen LogP contribution in [-0.4, -0.2) is 43.8 Å². The Kier molecular flexibility index (Phi) is 6.77. The predicted octanol–water partition coefficient (Wildman–Crippen LogP) is 1.14. The minimum atomic E-state index is -4.08. The smallest absolute Gasteiger partial charge is 0.0958 e. The van der Waals surface area contributed by atoms with Crippen LogP contribution < -0.4 is 6.15 Å². The predicted molar refractivity (Wildman–Crippen MR) is 66.1 cm³/mol. The first kappa shape index (κ1) is 15.5. The van der Waals surface area contributed by atoms with E-state index in [-0.39, 0.29) is 11.9 Å². The van der Waals surface area contributed by atoms with Crippen molar-refractivity contribution in [1.29, 1.82) is 0 Å². The van der Waals surface area contributed by atoms with Crippen LogP contribution in [0.1, 0.15) is 5.56 Å². The number of nitrogens with zero attached hydrogens (tertiary/aromatic N) is 1. The van der Waals surface area contributed by atoms with Crippen LogP contribution in [0.2, 0.25) is 0 Å². The molecular formula is C9H18N2O3S2. The van der Waals surface area contributed by atoms with Crippen LogP contribution in [0.5, 0.6) is 0 Å². The summed E-state index contributed by atoms with van der Waals surface area (Å²) in [5, 5.41) is 4.08. The minimum absolute atomic E-state index is 0. The molecule has 0 spiro atoms. The van der Waals surface area contributed by atoms with Gasteiger partial charge < -0.3 is 15.6 Å². The van der Waals surface area contributed by atoms with Crippen molar-refractivity contribution in [3.63, 3.8) is 0 Å². The fraction of sp³-hybridized carbons (Fsp3) is 0.556. The minimum Gasteiger partial charge on any atom is -0.748 e. The van der Waals surface area contributed by atoms with Crippen molar-refractivity contribution in [2.75, 3.05) is 25.9 Å². The number of thiophene rings is 1. The topological polar surface area (TPSA) is 96.9 Å². The zero-order valence-electron chi connectivity index (χ0n) is 9.55. The van der Waals surface area contributed by atoms with E-state index in [2.05, 4.69) is 5.38 Å². The highest BCUT2D eigenvalue weighted by atomic mass is 32.2. The molecule has 0 aliphatic heterocycles. The maximum Gasteiger partial charge on any atom is 0.0958 e. The number of likely N-dealkylation sites (N-methyl/N-ethyl adjacent to an activating group) is 1. The third-order valence-electron chi connectivity index (χ3n) is 2.09. The third kappa shape index (κ3) is 6.91. The lowest BCUT2D eigenvalue weighted by Gasteiger charge is -2.17. The van der Waals surface area contributed by atoms with Gasteiger partial charge in [0.1, 0.15) is 0 Å². The Bertz CT molecular complexity index is 375. The number of rotatable bonds is 6. The van der Waals surface area contributed by atoms with Gasteiger partial charge in [0, 0.05) is 13.1 Å². The van der Waals surface area contributed by atoms with Gasteiger partial charge in [-0.2, -0.15) is 11.3 Å². The maximum absolute atomic E-state index is 10.4. The van der Waals surface area contributed by atoms with E-state index >= 15 is 0 Å². The number of quaternary nitrogens is 1. The molecule has 0 saturated heterocycles. The van der Waals surface area contributed by atoms with Crippen LogP contribution in [0.25, 0.3) is 0 Å². The van der Waals surface area contributed by atoms with Gasteiger partial charge in [0.25, 0.3) is 0 Å². The van der Waals surface area contributed by atoms with Gasteiger partial charge >= 0.3 is 0 Å². The van der Waals surface area contributed by atoms with Gasteiger partial charge in [-0.05, 0) is 35.9 Å². The van der Waals surface area contributed by atoms with Crippen LogP contribution in [0.4, 0.5) is 0 Å². The molecular weight excluding hydrogens is 248 g/mol. The van der Waals surface area contributed by atoms with E-state index in [1.54, 1.807) is 11.3 Å². The fourth-order valence-electron chi connectivity index (χ4n) is 1.13. The Labute approximate surface area is 100 Å². The zero-order chi connectivity index (χ0) is 11.3. The Morgan fingerprint density at radius 3 is 2.62 bits per heavy atom. The van der Waals surface area contributed by atoms with E-state index in [0.29, 0.717) is 6.54 Å². The molecule has 1 aromatic rings. The second-order valence-electron chi connectivity index (χ2n) is 3.45. The average Bonchev–Trinajstić information content (AvgIpc) is 2.62. The van der Waals surface area contributed by atoms with Gasteiger partial charge in [-0.15, -0.1) is 0 Å². The Morgan fingerprint density at radius 1 is 1.44 bits per heavy atom. The van der Waals surface area contributed by atoms with Crippen molar-refractivity contribution in [3.8, 4) is 0 Å². The van der Waals surface area contributed by atoms with Gasteiger partial charge in [0.2, 0.25) is 0 Å². The summed E-state index contributed by atoms with van der Waals surface area (Å²) in [5.41, 5.74) is 1.25. The molecule has 1 rings (SSSR count). The van der Waals surface area contributed by atoms with Crippen LogP contribution in [0.15, 0.2) is 16.8 Å². The van der Waals surface area contributed by atoms with Gasteiger partial charge in [0.05, 0.1) is 15.9 Å². The summed E-state index contributed by atoms with van der Waals surface area (Å²) >= 11 is 1.64. The monoisotopic (exact) mass is 266 g/mol. The molecule has 5 nitrogen and oxygen atoms in total.